The molecule has 0 bridgehead atoms. The highest BCUT2D eigenvalue weighted by atomic mass is 16.5. The number of methoxy groups -OCH3 is 1. The Hall–Kier alpha value is -1.97. The monoisotopic (exact) mass is 276 g/mol. The van der Waals surface area contributed by atoms with Gasteiger partial charge < -0.3 is 15.0 Å². The standard InChI is InChI=1S/C14H20N4O2/c1-20-9-7-17-11-14(19)18(8-3-5-15)12-13-4-2-6-16-10-13/h2,4,6,10,17H,3,7-9,11-12H2,1H3. The van der Waals surface area contributed by atoms with Gasteiger partial charge in [0.1, 0.15) is 0 Å². The molecule has 20 heavy (non-hydrogen) atoms. The van der Waals surface area contributed by atoms with E-state index < -0.39 is 0 Å². The Labute approximate surface area is 119 Å². The number of pyridine rings is 1. The van der Waals surface area contributed by atoms with Gasteiger partial charge in [-0.3, -0.25) is 9.78 Å². The van der Waals surface area contributed by atoms with Gasteiger partial charge >= 0.3 is 0 Å². The summed E-state index contributed by atoms with van der Waals surface area (Å²) in [6.45, 7) is 2.33. The summed E-state index contributed by atoms with van der Waals surface area (Å²) in [4.78, 5) is 17.8. The predicted molar refractivity (Wildman–Crippen MR) is 74.6 cm³/mol. The van der Waals surface area contributed by atoms with Crippen LogP contribution in [0.15, 0.2) is 24.5 Å². The second kappa shape index (κ2) is 9.89. The van der Waals surface area contributed by atoms with Crippen LogP contribution in [0.25, 0.3) is 0 Å². The lowest BCUT2D eigenvalue weighted by atomic mass is 10.2. The normalized spacial score (nSPS) is 10.0. The van der Waals surface area contributed by atoms with Gasteiger partial charge in [-0.25, -0.2) is 0 Å². The average Bonchev–Trinajstić information content (AvgIpc) is 2.48. The van der Waals surface area contributed by atoms with E-state index in [2.05, 4.69) is 16.4 Å². The van der Waals surface area contributed by atoms with E-state index in [9.17, 15) is 4.79 Å². The van der Waals surface area contributed by atoms with E-state index >= 15 is 0 Å². The third kappa shape index (κ3) is 6.27. The van der Waals surface area contributed by atoms with Gasteiger partial charge in [0.05, 0.1) is 25.6 Å². The first-order valence-corrected chi connectivity index (χ1v) is 6.51. The van der Waals surface area contributed by atoms with Gasteiger partial charge in [0.2, 0.25) is 5.91 Å². The molecule has 0 radical (unpaired) electrons. The molecule has 108 valence electrons. The number of carbonyl (C=O) groups excluding carboxylic acids is 1. The molecule has 0 aliphatic carbocycles. The van der Waals surface area contributed by atoms with E-state index in [-0.39, 0.29) is 12.5 Å². The number of carbonyl (C=O) groups is 1. The van der Waals surface area contributed by atoms with E-state index in [1.807, 2.05) is 12.1 Å². The van der Waals surface area contributed by atoms with E-state index in [4.69, 9.17) is 10.00 Å². The highest BCUT2D eigenvalue weighted by Crippen LogP contribution is 2.04. The van der Waals surface area contributed by atoms with Gasteiger partial charge in [-0.05, 0) is 11.6 Å². The van der Waals surface area contributed by atoms with Gasteiger partial charge in [0, 0.05) is 39.1 Å². The maximum Gasteiger partial charge on any atom is 0.236 e. The molecule has 1 N–H and O–H groups in total. The van der Waals surface area contributed by atoms with E-state index in [1.54, 1.807) is 24.4 Å². The van der Waals surface area contributed by atoms with E-state index in [0.717, 1.165) is 5.56 Å². The van der Waals surface area contributed by atoms with Gasteiger partial charge in [-0.2, -0.15) is 5.26 Å². The van der Waals surface area contributed by atoms with Crippen molar-refractivity contribution in [2.75, 3.05) is 33.4 Å². The number of hydrogen-bond donors (Lipinski definition) is 1. The highest BCUT2D eigenvalue weighted by molar-refractivity contribution is 5.78. The summed E-state index contributed by atoms with van der Waals surface area (Å²) in [7, 11) is 1.62. The Bertz CT molecular complexity index is 431. The third-order valence-corrected chi connectivity index (χ3v) is 2.70. The summed E-state index contributed by atoms with van der Waals surface area (Å²) in [6.07, 6.45) is 3.74. The van der Waals surface area contributed by atoms with Crippen LogP contribution >= 0.6 is 0 Å². The van der Waals surface area contributed by atoms with Crippen LogP contribution in [0.5, 0.6) is 0 Å². The lowest BCUT2D eigenvalue weighted by Crippen LogP contribution is -2.39. The van der Waals surface area contributed by atoms with Gasteiger partial charge in [0.25, 0.3) is 0 Å². The molecule has 1 amide bonds. The number of hydrogen-bond acceptors (Lipinski definition) is 5. The zero-order valence-electron chi connectivity index (χ0n) is 11.7. The van der Waals surface area contributed by atoms with Crippen molar-refractivity contribution in [2.45, 2.75) is 13.0 Å². The lowest BCUT2D eigenvalue weighted by Gasteiger charge is -2.21. The molecule has 0 unspecified atom stereocenters. The molecule has 0 aliphatic heterocycles. The Morgan fingerprint density at radius 3 is 3.10 bits per heavy atom. The average molecular weight is 276 g/mol. The zero-order chi connectivity index (χ0) is 14.6. The fraction of sp³-hybridized carbons (Fsp3) is 0.500. The number of nitriles is 1. The topological polar surface area (TPSA) is 78.2 Å². The molecule has 1 rings (SSSR count). The maximum atomic E-state index is 12.1. The molecule has 1 heterocycles. The number of amides is 1. The largest absolute Gasteiger partial charge is 0.383 e. The molecule has 1 aromatic heterocycles. The van der Waals surface area contributed by atoms with Gasteiger partial charge in [-0.15, -0.1) is 0 Å². The van der Waals surface area contributed by atoms with E-state index in [0.29, 0.717) is 32.7 Å². The fourth-order valence-electron chi connectivity index (χ4n) is 1.67. The number of ether oxygens (including phenoxy) is 1. The molecular weight excluding hydrogens is 256 g/mol. The quantitative estimate of drug-likeness (QED) is 0.667. The summed E-state index contributed by atoms with van der Waals surface area (Å²) in [5, 5.41) is 11.7. The molecule has 0 saturated heterocycles. The zero-order valence-corrected chi connectivity index (χ0v) is 11.7. The Balaban J connectivity index is 2.50. The third-order valence-electron chi connectivity index (χ3n) is 2.70. The van der Waals surface area contributed by atoms with Crippen molar-refractivity contribution >= 4 is 5.91 Å². The van der Waals surface area contributed by atoms with Crippen LogP contribution in [-0.4, -0.2) is 49.1 Å². The van der Waals surface area contributed by atoms with Crippen molar-refractivity contribution in [3.63, 3.8) is 0 Å². The van der Waals surface area contributed by atoms with Crippen molar-refractivity contribution < 1.29 is 9.53 Å². The Morgan fingerprint density at radius 1 is 1.60 bits per heavy atom. The predicted octanol–water partition coefficient (Wildman–Crippen LogP) is 0.560. The Kier molecular flexibility index (Phi) is 7.96. The summed E-state index contributed by atoms with van der Waals surface area (Å²) in [5.41, 5.74) is 0.954. The van der Waals surface area contributed by atoms with Crippen molar-refractivity contribution in [3.8, 4) is 6.07 Å². The summed E-state index contributed by atoms with van der Waals surface area (Å²) < 4.78 is 4.91. The second-order valence-corrected chi connectivity index (χ2v) is 4.25. The first kappa shape index (κ1) is 16.1. The molecule has 0 atom stereocenters. The number of rotatable bonds is 9. The van der Waals surface area contributed by atoms with Crippen LogP contribution < -0.4 is 5.32 Å². The van der Waals surface area contributed by atoms with Crippen molar-refractivity contribution in [1.82, 2.24) is 15.2 Å². The van der Waals surface area contributed by atoms with Crippen molar-refractivity contribution in [2.24, 2.45) is 0 Å². The van der Waals surface area contributed by atoms with Crippen LogP contribution in [0.1, 0.15) is 12.0 Å². The number of nitrogens with one attached hydrogen (secondary N) is 1. The molecule has 6 nitrogen and oxygen atoms in total. The molecule has 0 fully saturated rings. The number of aromatic nitrogens is 1. The first-order valence-electron chi connectivity index (χ1n) is 6.51. The summed E-state index contributed by atoms with van der Waals surface area (Å²) in [5.74, 6) is -0.0276. The van der Waals surface area contributed by atoms with Crippen LogP contribution in [0, 0.1) is 11.3 Å². The SMILES string of the molecule is COCCNCC(=O)N(CCC#N)Cc1cccnc1. The smallest absolute Gasteiger partial charge is 0.236 e. The maximum absolute atomic E-state index is 12.1. The van der Waals surface area contributed by atoms with Crippen molar-refractivity contribution in [3.05, 3.63) is 30.1 Å². The lowest BCUT2D eigenvalue weighted by molar-refractivity contribution is -0.130. The molecule has 0 spiro atoms. The summed E-state index contributed by atoms with van der Waals surface area (Å²) in [6, 6.07) is 5.81. The van der Waals surface area contributed by atoms with Gasteiger partial charge in [0.15, 0.2) is 0 Å². The molecular formula is C14H20N4O2. The number of nitrogens with zero attached hydrogens (tertiary/aromatic N) is 3. The molecule has 0 saturated carbocycles. The second-order valence-electron chi connectivity index (χ2n) is 4.25. The highest BCUT2D eigenvalue weighted by Gasteiger charge is 2.13. The minimum Gasteiger partial charge on any atom is -0.383 e. The Morgan fingerprint density at radius 2 is 2.45 bits per heavy atom. The van der Waals surface area contributed by atoms with Crippen LogP contribution in [0.4, 0.5) is 0 Å². The minimum atomic E-state index is -0.0276. The molecule has 6 heteroatoms. The fourth-order valence-corrected chi connectivity index (χ4v) is 1.67. The molecule has 0 aromatic carbocycles. The molecule has 0 aliphatic rings. The van der Waals surface area contributed by atoms with Gasteiger partial charge in [-0.1, -0.05) is 6.07 Å². The minimum absolute atomic E-state index is 0.0276. The summed E-state index contributed by atoms with van der Waals surface area (Å²) >= 11 is 0. The van der Waals surface area contributed by atoms with Crippen LogP contribution in [0.2, 0.25) is 0 Å². The van der Waals surface area contributed by atoms with Crippen LogP contribution in [-0.2, 0) is 16.1 Å². The first-order chi connectivity index (χ1) is 9.77. The molecule has 1 aromatic rings. The van der Waals surface area contributed by atoms with Crippen molar-refractivity contribution in [1.29, 1.82) is 5.26 Å². The van der Waals surface area contributed by atoms with E-state index in [1.165, 1.54) is 0 Å². The van der Waals surface area contributed by atoms with Crippen LogP contribution in [0.3, 0.4) is 0 Å².